The largest absolute Gasteiger partial charge is 0.343 e. The fraction of sp³-hybridized carbons (Fsp3) is 0.385. The number of hydrogen-bond acceptors (Lipinski definition) is 4. The molecule has 1 aliphatic rings. The van der Waals surface area contributed by atoms with E-state index < -0.39 is 5.79 Å². The van der Waals surface area contributed by atoms with Crippen LogP contribution in [0.1, 0.15) is 12.5 Å². The lowest BCUT2D eigenvalue weighted by molar-refractivity contribution is -0.163. The smallest absolute Gasteiger partial charge is 0.193 e. The molecule has 0 amide bonds. The van der Waals surface area contributed by atoms with E-state index in [1.807, 2.05) is 13.0 Å². The molecule has 0 bridgehead atoms. The topological polar surface area (TPSA) is 49.2 Å². The highest BCUT2D eigenvalue weighted by atomic mass is 35.5. The van der Waals surface area contributed by atoms with Crippen molar-refractivity contribution >= 4 is 23.2 Å². The molecule has 1 aromatic heterocycles. The highest BCUT2D eigenvalue weighted by molar-refractivity contribution is 6.35. The Hall–Kier alpha value is -1.14. The lowest BCUT2D eigenvalue weighted by atomic mass is 10.1. The van der Waals surface area contributed by atoms with Gasteiger partial charge in [-0.15, -0.1) is 0 Å². The van der Waals surface area contributed by atoms with Gasteiger partial charge in [-0.25, -0.2) is 4.98 Å². The second-order valence-corrected chi connectivity index (χ2v) is 5.58. The molecule has 1 saturated heterocycles. The number of ether oxygens (including phenoxy) is 2. The average Bonchev–Trinajstić information content (AvgIpc) is 3.00. The molecule has 1 aromatic carbocycles. The molecule has 2 heterocycles. The number of hydrogen-bond donors (Lipinski definition) is 0. The summed E-state index contributed by atoms with van der Waals surface area (Å²) in [6.45, 7) is 2.90. The molecule has 0 radical (unpaired) electrons. The molecule has 2 atom stereocenters. The highest BCUT2D eigenvalue weighted by Crippen LogP contribution is 2.38. The molecule has 1 fully saturated rings. The first-order valence-corrected chi connectivity index (χ1v) is 6.92. The zero-order valence-electron chi connectivity index (χ0n) is 10.8. The van der Waals surface area contributed by atoms with Crippen LogP contribution >= 0.6 is 23.2 Å². The van der Waals surface area contributed by atoms with E-state index in [0.717, 1.165) is 5.56 Å². The maximum atomic E-state index is 6.22. The first kappa shape index (κ1) is 13.8. The maximum Gasteiger partial charge on any atom is 0.193 e. The van der Waals surface area contributed by atoms with Crippen LogP contribution in [-0.4, -0.2) is 27.5 Å². The van der Waals surface area contributed by atoms with Crippen LogP contribution in [0.5, 0.6) is 0 Å². The van der Waals surface area contributed by atoms with Crippen LogP contribution in [-0.2, 0) is 21.8 Å². The van der Waals surface area contributed by atoms with E-state index in [1.165, 1.54) is 6.33 Å². The fourth-order valence-electron chi connectivity index (χ4n) is 2.26. The van der Waals surface area contributed by atoms with Crippen molar-refractivity contribution in [2.75, 3.05) is 6.61 Å². The van der Waals surface area contributed by atoms with Crippen molar-refractivity contribution in [2.24, 2.45) is 0 Å². The van der Waals surface area contributed by atoms with Crippen molar-refractivity contribution in [2.45, 2.75) is 25.4 Å². The van der Waals surface area contributed by atoms with E-state index in [1.54, 1.807) is 23.1 Å². The minimum atomic E-state index is -0.868. The van der Waals surface area contributed by atoms with Crippen LogP contribution in [0.15, 0.2) is 30.9 Å². The second-order valence-electron chi connectivity index (χ2n) is 4.74. The van der Waals surface area contributed by atoms with Crippen LogP contribution in [0.2, 0.25) is 10.0 Å². The maximum absolute atomic E-state index is 6.22. The van der Waals surface area contributed by atoms with E-state index >= 15 is 0 Å². The van der Waals surface area contributed by atoms with Crippen molar-refractivity contribution in [3.8, 4) is 0 Å². The van der Waals surface area contributed by atoms with Gasteiger partial charge in [0.25, 0.3) is 0 Å². The summed E-state index contributed by atoms with van der Waals surface area (Å²) in [7, 11) is 0. The molecule has 106 valence electrons. The Kier molecular flexibility index (Phi) is 3.69. The van der Waals surface area contributed by atoms with E-state index in [-0.39, 0.29) is 6.10 Å². The minimum absolute atomic E-state index is 0.103. The van der Waals surface area contributed by atoms with Gasteiger partial charge in [-0.1, -0.05) is 29.3 Å². The van der Waals surface area contributed by atoms with Crippen molar-refractivity contribution < 1.29 is 9.47 Å². The summed E-state index contributed by atoms with van der Waals surface area (Å²) in [4.78, 5) is 3.90. The molecule has 0 spiro atoms. The number of aromatic nitrogens is 3. The van der Waals surface area contributed by atoms with E-state index in [2.05, 4.69) is 10.1 Å². The van der Waals surface area contributed by atoms with Gasteiger partial charge in [0.15, 0.2) is 5.79 Å². The van der Waals surface area contributed by atoms with Gasteiger partial charge < -0.3 is 9.47 Å². The third-order valence-corrected chi connectivity index (χ3v) is 3.76. The van der Waals surface area contributed by atoms with Crippen LogP contribution in [0.25, 0.3) is 0 Å². The summed E-state index contributed by atoms with van der Waals surface area (Å²) >= 11 is 12.1. The highest BCUT2D eigenvalue weighted by Gasteiger charge is 2.40. The van der Waals surface area contributed by atoms with Gasteiger partial charge in [0.1, 0.15) is 18.8 Å². The Morgan fingerprint density at radius 1 is 1.45 bits per heavy atom. The van der Waals surface area contributed by atoms with Crippen molar-refractivity contribution in [1.29, 1.82) is 0 Å². The summed E-state index contributed by atoms with van der Waals surface area (Å²) in [5.74, 6) is -0.868. The lowest BCUT2D eigenvalue weighted by Gasteiger charge is -2.25. The van der Waals surface area contributed by atoms with E-state index in [4.69, 9.17) is 32.7 Å². The molecule has 0 aliphatic carbocycles. The van der Waals surface area contributed by atoms with Gasteiger partial charge in [-0.05, 0) is 19.1 Å². The fourth-order valence-corrected chi connectivity index (χ4v) is 2.84. The third-order valence-electron chi connectivity index (χ3n) is 3.21. The first-order valence-electron chi connectivity index (χ1n) is 6.16. The third kappa shape index (κ3) is 2.67. The first-order chi connectivity index (χ1) is 9.57. The molecule has 0 N–H and O–H groups in total. The normalized spacial score (nSPS) is 26.1. The summed E-state index contributed by atoms with van der Waals surface area (Å²) in [6, 6.07) is 5.27. The SMILES string of the molecule is C[C@]1(c2ccc(Cl)cc2Cl)OC[C@H](Cn2cncn2)O1. The molecular formula is C13H13Cl2N3O2. The summed E-state index contributed by atoms with van der Waals surface area (Å²) < 4.78 is 13.5. The van der Waals surface area contributed by atoms with Gasteiger partial charge in [0.05, 0.1) is 18.2 Å². The summed E-state index contributed by atoms with van der Waals surface area (Å²) in [5.41, 5.74) is 0.768. The minimum Gasteiger partial charge on any atom is -0.343 e. The molecule has 2 aromatic rings. The Morgan fingerprint density at radius 3 is 3.00 bits per heavy atom. The number of nitrogens with zero attached hydrogens (tertiary/aromatic N) is 3. The predicted octanol–water partition coefficient (Wildman–Crippen LogP) is 2.87. The number of benzene rings is 1. The molecule has 3 rings (SSSR count). The molecule has 20 heavy (non-hydrogen) atoms. The molecule has 0 saturated carbocycles. The van der Waals surface area contributed by atoms with Gasteiger partial charge in [-0.3, -0.25) is 4.68 Å². The number of rotatable bonds is 3. The molecule has 7 heteroatoms. The Bertz CT molecular complexity index is 606. The van der Waals surface area contributed by atoms with E-state index in [9.17, 15) is 0 Å². The molecule has 5 nitrogen and oxygen atoms in total. The summed E-state index contributed by atoms with van der Waals surface area (Å²) in [6.07, 6.45) is 3.03. The van der Waals surface area contributed by atoms with Crippen LogP contribution in [0.4, 0.5) is 0 Å². The van der Waals surface area contributed by atoms with Crippen molar-refractivity contribution in [1.82, 2.24) is 14.8 Å². The molecule has 0 unspecified atom stereocenters. The van der Waals surface area contributed by atoms with Crippen molar-refractivity contribution in [3.05, 3.63) is 46.5 Å². The van der Waals surface area contributed by atoms with Crippen LogP contribution < -0.4 is 0 Å². The second kappa shape index (κ2) is 5.33. The zero-order valence-corrected chi connectivity index (χ0v) is 12.3. The quantitative estimate of drug-likeness (QED) is 0.874. The predicted molar refractivity (Wildman–Crippen MR) is 74.7 cm³/mol. The Morgan fingerprint density at radius 2 is 2.30 bits per heavy atom. The molecule has 1 aliphatic heterocycles. The van der Waals surface area contributed by atoms with Gasteiger partial charge in [-0.2, -0.15) is 5.10 Å². The van der Waals surface area contributed by atoms with Crippen LogP contribution in [0.3, 0.4) is 0 Å². The molecular weight excluding hydrogens is 301 g/mol. The average molecular weight is 314 g/mol. The Labute approximate surface area is 126 Å². The zero-order chi connectivity index (χ0) is 14.2. The standard InChI is InChI=1S/C13H13Cl2N3O2/c1-13(11-3-2-9(14)4-12(11)15)19-6-10(20-13)5-18-8-16-7-17-18/h2-4,7-8,10H,5-6H2,1H3/t10-,13-/m0/s1. The lowest BCUT2D eigenvalue weighted by Crippen LogP contribution is -2.26. The van der Waals surface area contributed by atoms with Gasteiger partial charge in [0.2, 0.25) is 0 Å². The van der Waals surface area contributed by atoms with Gasteiger partial charge >= 0.3 is 0 Å². The van der Waals surface area contributed by atoms with E-state index in [0.29, 0.717) is 23.2 Å². The summed E-state index contributed by atoms with van der Waals surface area (Å²) in [5, 5.41) is 5.17. The monoisotopic (exact) mass is 313 g/mol. The Balaban J connectivity index is 1.77. The van der Waals surface area contributed by atoms with Gasteiger partial charge in [0, 0.05) is 10.6 Å². The van der Waals surface area contributed by atoms with Crippen molar-refractivity contribution in [3.63, 3.8) is 0 Å². The number of halogens is 2. The van der Waals surface area contributed by atoms with Crippen LogP contribution in [0, 0.1) is 0 Å².